The predicted octanol–water partition coefficient (Wildman–Crippen LogP) is 1.02. The van der Waals surface area contributed by atoms with Crippen LogP contribution in [0.3, 0.4) is 0 Å². The molecule has 0 heterocycles. The predicted molar refractivity (Wildman–Crippen MR) is 44.4 cm³/mol. The van der Waals surface area contributed by atoms with E-state index in [1.54, 1.807) is 18.2 Å². The summed E-state index contributed by atoms with van der Waals surface area (Å²) in [4.78, 5) is 10.7. The van der Waals surface area contributed by atoms with E-state index in [-0.39, 0.29) is 10.6 Å². The molecule has 11 heavy (non-hydrogen) atoms. The van der Waals surface area contributed by atoms with Gasteiger partial charge in [0.25, 0.3) is 5.91 Å². The molecule has 0 atom stereocenters. The molecule has 0 fully saturated rings. The van der Waals surface area contributed by atoms with E-state index < -0.39 is 5.91 Å². The molecule has 0 spiro atoms. The van der Waals surface area contributed by atoms with Crippen molar-refractivity contribution < 1.29 is 4.79 Å². The topological polar surface area (TPSA) is 69.1 Å². The minimum absolute atomic E-state index is 0.189. The maximum atomic E-state index is 10.7. The second-order valence-corrected chi connectivity index (χ2v) is 2.48. The minimum atomic E-state index is -0.604. The fourth-order valence-corrected chi connectivity index (χ4v) is 1.08. The largest absolute Gasteiger partial charge is 0.398 e. The maximum absolute atomic E-state index is 10.7. The Bertz CT molecular complexity index is 278. The Morgan fingerprint density at radius 2 is 2.09 bits per heavy atom. The fourth-order valence-electron chi connectivity index (χ4n) is 0.801. The van der Waals surface area contributed by atoms with Crippen molar-refractivity contribution in [3.63, 3.8) is 0 Å². The monoisotopic (exact) mass is 170 g/mol. The van der Waals surface area contributed by atoms with E-state index in [4.69, 9.17) is 23.1 Å². The van der Waals surface area contributed by atoms with Gasteiger partial charge >= 0.3 is 0 Å². The van der Waals surface area contributed by atoms with E-state index in [9.17, 15) is 4.79 Å². The lowest BCUT2D eigenvalue weighted by Gasteiger charge is -2.01. The minimum Gasteiger partial charge on any atom is -0.398 e. The first-order valence-corrected chi connectivity index (χ1v) is 3.34. The highest BCUT2D eigenvalue weighted by Gasteiger charge is 2.08. The van der Waals surface area contributed by atoms with Gasteiger partial charge in [0.1, 0.15) is 0 Å². The molecule has 0 aromatic heterocycles. The Morgan fingerprint density at radius 1 is 1.45 bits per heavy atom. The number of nitrogen functional groups attached to an aromatic ring is 1. The fraction of sp³-hybridized carbons (Fsp3) is 0. The van der Waals surface area contributed by atoms with Gasteiger partial charge in [-0.05, 0) is 12.1 Å². The molecule has 1 amide bonds. The van der Waals surface area contributed by atoms with Crippen LogP contribution in [0.2, 0.25) is 5.02 Å². The van der Waals surface area contributed by atoms with Crippen molar-refractivity contribution in [2.45, 2.75) is 0 Å². The van der Waals surface area contributed by atoms with Crippen LogP contribution in [-0.4, -0.2) is 5.91 Å². The number of hydrogen-bond acceptors (Lipinski definition) is 2. The number of rotatable bonds is 1. The number of nitrogens with two attached hydrogens (primary N) is 2. The molecule has 3 nitrogen and oxygen atoms in total. The maximum Gasteiger partial charge on any atom is 0.252 e. The standard InChI is InChI=1S/C7H7ClN2O/c8-4-2-1-3-5(9)6(4)7(10)11/h1-3H,9H2,(H2,10,11). The molecule has 0 aliphatic heterocycles. The molecular weight excluding hydrogens is 164 g/mol. The highest BCUT2D eigenvalue weighted by Crippen LogP contribution is 2.20. The first kappa shape index (κ1) is 7.88. The zero-order valence-corrected chi connectivity index (χ0v) is 6.43. The van der Waals surface area contributed by atoms with E-state index in [0.29, 0.717) is 5.69 Å². The summed E-state index contributed by atoms with van der Waals surface area (Å²) in [5.41, 5.74) is 10.9. The Kier molecular flexibility index (Phi) is 2.01. The lowest BCUT2D eigenvalue weighted by Crippen LogP contribution is -2.13. The summed E-state index contributed by atoms with van der Waals surface area (Å²) in [6, 6.07) is 4.80. The number of hydrogen-bond donors (Lipinski definition) is 2. The summed E-state index contributed by atoms with van der Waals surface area (Å²) in [6.07, 6.45) is 0. The first-order chi connectivity index (χ1) is 5.13. The van der Waals surface area contributed by atoms with Crippen LogP contribution in [0.4, 0.5) is 5.69 Å². The number of carbonyl (C=O) groups excluding carboxylic acids is 1. The Balaban J connectivity index is 3.32. The summed E-state index contributed by atoms with van der Waals surface area (Å²) in [6.45, 7) is 0. The van der Waals surface area contributed by atoms with Gasteiger partial charge in [-0.1, -0.05) is 17.7 Å². The van der Waals surface area contributed by atoms with Gasteiger partial charge in [0.15, 0.2) is 0 Å². The summed E-state index contributed by atoms with van der Waals surface area (Å²) >= 11 is 5.64. The number of halogens is 1. The van der Waals surface area contributed by atoms with Gasteiger partial charge in [-0.3, -0.25) is 4.79 Å². The Labute approximate surface area is 68.9 Å². The van der Waals surface area contributed by atoms with E-state index in [2.05, 4.69) is 0 Å². The van der Waals surface area contributed by atoms with Gasteiger partial charge in [0.2, 0.25) is 0 Å². The molecule has 1 rings (SSSR count). The average molecular weight is 171 g/mol. The molecule has 0 radical (unpaired) electrons. The molecule has 0 bridgehead atoms. The van der Waals surface area contributed by atoms with Crippen molar-refractivity contribution in [2.24, 2.45) is 5.73 Å². The number of primary amides is 1. The molecule has 0 saturated carbocycles. The second kappa shape index (κ2) is 2.80. The molecule has 0 unspecified atom stereocenters. The van der Waals surface area contributed by atoms with Crippen molar-refractivity contribution in [1.82, 2.24) is 0 Å². The van der Waals surface area contributed by atoms with E-state index in [1.807, 2.05) is 0 Å². The molecule has 4 N–H and O–H groups in total. The van der Waals surface area contributed by atoms with Crippen LogP contribution in [-0.2, 0) is 0 Å². The number of anilines is 1. The van der Waals surface area contributed by atoms with Gasteiger partial charge in [-0.25, -0.2) is 0 Å². The highest BCUT2D eigenvalue weighted by molar-refractivity contribution is 6.34. The van der Waals surface area contributed by atoms with E-state index >= 15 is 0 Å². The molecule has 0 aliphatic rings. The third kappa shape index (κ3) is 1.43. The quantitative estimate of drug-likeness (QED) is 0.618. The molecule has 4 heteroatoms. The molecular formula is C7H7ClN2O. The summed E-state index contributed by atoms with van der Waals surface area (Å²) in [7, 11) is 0. The van der Waals surface area contributed by atoms with E-state index in [1.165, 1.54) is 0 Å². The normalized spacial score (nSPS) is 9.55. The number of carbonyl (C=O) groups is 1. The van der Waals surface area contributed by atoms with Crippen molar-refractivity contribution >= 4 is 23.2 Å². The van der Waals surface area contributed by atoms with Gasteiger partial charge in [-0.2, -0.15) is 0 Å². The van der Waals surface area contributed by atoms with Gasteiger partial charge in [-0.15, -0.1) is 0 Å². The van der Waals surface area contributed by atoms with Crippen molar-refractivity contribution in [2.75, 3.05) is 5.73 Å². The van der Waals surface area contributed by atoms with Gasteiger partial charge in [0.05, 0.1) is 10.6 Å². The first-order valence-electron chi connectivity index (χ1n) is 2.96. The molecule has 0 aliphatic carbocycles. The third-order valence-electron chi connectivity index (χ3n) is 1.29. The SMILES string of the molecule is NC(=O)c1c(N)cccc1Cl. The Morgan fingerprint density at radius 3 is 2.45 bits per heavy atom. The van der Waals surface area contributed by atoms with Crippen LogP contribution in [0.1, 0.15) is 10.4 Å². The zero-order valence-electron chi connectivity index (χ0n) is 5.67. The second-order valence-electron chi connectivity index (χ2n) is 2.07. The summed E-state index contributed by atoms with van der Waals surface area (Å²) in [5.74, 6) is -0.604. The van der Waals surface area contributed by atoms with Crippen LogP contribution < -0.4 is 11.5 Å². The number of amides is 1. The Hall–Kier alpha value is -1.22. The van der Waals surface area contributed by atoms with Crippen LogP contribution >= 0.6 is 11.6 Å². The molecule has 1 aromatic carbocycles. The van der Waals surface area contributed by atoms with Gasteiger partial charge < -0.3 is 11.5 Å². The zero-order chi connectivity index (χ0) is 8.43. The lowest BCUT2D eigenvalue weighted by atomic mass is 10.2. The van der Waals surface area contributed by atoms with Crippen molar-refractivity contribution in [3.05, 3.63) is 28.8 Å². The summed E-state index contributed by atoms with van der Waals surface area (Å²) < 4.78 is 0. The van der Waals surface area contributed by atoms with E-state index in [0.717, 1.165) is 0 Å². The van der Waals surface area contributed by atoms with Crippen LogP contribution in [0.25, 0.3) is 0 Å². The molecule has 0 saturated heterocycles. The van der Waals surface area contributed by atoms with Crippen LogP contribution in [0.15, 0.2) is 18.2 Å². The summed E-state index contributed by atoms with van der Waals surface area (Å²) in [5, 5.41) is 0.289. The van der Waals surface area contributed by atoms with Crippen LogP contribution in [0, 0.1) is 0 Å². The van der Waals surface area contributed by atoms with Crippen LogP contribution in [0.5, 0.6) is 0 Å². The highest BCUT2D eigenvalue weighted by atomic mass is 35.5. The lowest BCUT2D eigenvalue weighted by molar-refractivity contribution is 0.100. The van der Waals surface area contributed by atoms with Gasteiger partial charge in [0, 0.05) is 5.69 Å². The molecule has 1 aromatic rings. The van der Waals surface area contributed by atoms with Crippen molar-refractivity contribution in [3.8, 4) is 0 Å². The molecule has 58 valence electrons. The van der Waals surface area contributed by atoms with Crippen molar-refractivity contribution in [1.29, 1.82) is 0 Å². The average Bonchev–Trinajstić information content (AvgIpc) is 1.85. The smallest absolute Gasteiger partial charge is 0.252 e. The number of benzene rings is 1. The third-order valence-corrected chi connectivity index (χ3v) is 1.61.